The van der Waals surface area contributed by atoms with E-state index in [1.54, 1.807) is 0 Å². The maximum absolute atomic E-state index is 11.2. The minimum absolute atomic E-state index is 0. The number of carbonyl (C=O) groups excluding carboxylic acids is 1. The molecule has 2 aliphatic heterocycles. The van der Waals surface area contributed by atoms with Crippen LogP contribution in [0.25, 0.3) is 27.4 Å². The Morgan fingerprint density at radius 3 is 1.96 bits per heavy atom. The summed E-state index contributed by atoms with van der Waals surface area (Å²) < 4.78 is 0. The molecule has 0 radical (unpaired) electrons. The van der Waals surface area contributed by atoms with E-state index in [4.69, 9.17) is 0 Å². The van der Waals surface area contributed by atoms with E-state index in [1.165, 1.54) is 44.1 Å². The van der Waals surface area contributed by atoms with Crippen LogP contribution >= 0.6 is 0 Å². The van der Waals surface area contributed by atoms with Gasteiger partial charge in [-0.3, -0.25) is 14.6 Å². The number of likely N-dealkylation sites (tertiary alicyclic amines) is 1. The Balaban J connectivity index is 0.000000148. The second kappa shape index (κ2) is 16.6. The van der Waals surface area contributed by atoms with Gasteiger partial charge in [0.25, 0.3) is 0 Å². The Labute approximate surface area is 273 Å². The highest BCUT2D eigenvalue weighted by Gasteiger charge is 2.17. The van der Waals surface area contributed by atoms with E-state index in [1.807, 2.05) is 36.5 Å². The topological polar surface area (TPSA) is 55.1 Å². The molecule has 0 amide bonds. The molecule has 0 unspecified atom stereocenters. The van der Waals surface area contributed by atoms with E-state index in [2.05, 4.69) is 117 Å². The van der Waals surface area contributed by atoms with E-state index in [0.29, 0.717) is 12.3 Å². The van der Waals surface area contributed by atoms with Gasteiger partial charge in [-0.25, -0.2) is 0 Å². The number of hydrogen-bond acceptors (Lipinski definition) is 3. The van der Waals surface area contributed by atoms with Crippen LogP contribution in [-0.4, -0.2) is 51.7 Å². The summed E-state index contributed by atoms with van der Waals surface area (Å²) in [6.45, 7) is 5.79. The summed E-state index contributed by atoms with van der Waals surface area (Å²) in [6.07, 6.45) is 9.42. The summed E-state index contributed by atoms with van der Waals surface area (Å²) in [4.78, 5) is 22.5. The molecule has 5 heteroatoms. The predicted octanol–water partition coefficient (Wildman–Crippen LogP) is 9.11. The molecule has 6 aromatic rings. The molecular weight excluding hydrogens is 564 g/mol. The van der Waals surface area contributed by atoms with E-state index in [-0.39, 0.29) is 7.43 Å². The fourth-order valence-electron chi connectivity index (χ4n) is 6.19. The first-order valence-electron chi connectivity index (χ1n) is 16.0. The quantitative estimate of drug-likeness (QED) is 0.205. The number of piperidine rings is 1. The molecule has 5 nitrogen and oxygen atoms in total. The molecule has 2 N–H and O–H groups in total. The number of rotatable bonds is 5. The molecule has 0 saturated carbocycles. The van der Waals surface area contributed by atoms with Crippen molar-refractivity contribution in [3.63, 3.8) is 0 Å². The van der Waals surface area contributed by atoms with Crippen LogP contribution < -0.4 is 0 Å². The van der Waals surface area contributed by atoms with Gasteiger partial charge >= 0.3 is 0 Å². The van der Waals surface area contributed by atoms with Gasteiger partial charge in [-0.05, 0) is 59.7 Å². The van der Waals surface area contributed by atoms with Gasteiger partial charge in [0.2, 0.25) is 0 Å². The van der Waals surface area contributed by atoms with Crippen LogP contribution in [-0.2, 0) is 17.9 Å². The zero-order valence-corrected chi connectivity index (χ0v) is 25.9. The number of hydrogen-bond donors (Lipinski definition) is 2. The Bertz CT molecular complexity index is 1790. The van der Waals surface area contributed by atoms with Crippen LogP contribution in [0.15, 0.2) is 134 Å². The lowest BCUT2D eigenvalue weighted by molar-refractivity contribution is -0.122. The van der Waals surface area contributed by atoms with Crippen molar-refractivity contribution in [2.75, 3.05) is 26.2 Å². The van der Waals surface area contributed by atoms with Gasteiger partial charge in [-0.2, -0.15) is 0 Å². The number of H-pyrrole nitrogens is 2. The molecule has 0 bridgehead atoms. The molecule has 0 atom stereocenters. The molecule has 46 heavy (non-hydrogen) atoms. The van der Waals surface area contributed by atoms with Crippen molar-refractivity contribution in [2.24, 2.45) is 0 Å². The summed E-state index contributed by atoms with van der Waals surface area (Å²) >= 11 is 0. The summed E-state index contributed by atoms with van der Waals surface area (Å²) in [6, 6.07) is 39.9. The third-order valence-corrected chi connectivity index (χ3v) is 8.46. The summed E-state index contributed by atoms with van der Waals surface area (Å²) in [5.41, 5.74) is 7.91. The van der Waals surface area contributed by atoms with Gasteiger partial charge < -0.3 is 9.97 Å². The van der Waals surface area contributed by atoms with Gasteiger partial charge in [0.15, 0.2) is 0 Å². The number of carbonyl (C=O) groups is 1. The maximum Gasteiger partial charge on any atom is 0.146 e. The van der Waals surface area contributed by atoms with Gasteiger partial charge in [0, 0.05) is 67.0 Å². The number of para-hydroxylation sites is 2. The number of nitrogens with one attached hydrogen (secondary N) is 2. The molecular formula is C41H46N4O. The van der Waals surface area contributed by atoms with Gasteiger partial charge in [0.1, 0.15) is 5.78 Å². The first kappa shape index (κ1) is 32.7. The van der Waals surface area contributed by atoms with Crippen molar-refractivity contribution in [3.05, 3.63) is 150 Å². The van der Waals surface area contributed by atoms with Crippen LogP contribution in [0, 0.1) is 0 Å². The zero-order valence-electron chi connectivity index (χ0n) is 25.9. The van der Waals surface area contributed by atoms with E-state index < -0.39 is 0 Å². The minimum atomic E-state index is 0. The Morgan fingerprint density at radius 2 is 1.26 bits per heavy atom. The maximum atomic E-state index is 11.2. The highest BCUT2D eigenvalue weighted by atomic mass is 16.1. The summed E-state index contributed by atoms with van der Waals surface area (Å²) in [7, 11) is 0. The lowest BCUT2D eigenvalue weighted by atomic mass is 10.00. The molecule has 0 spiro atoms. The smallest absolute Gasteiger partial charge is 0.146 e. The molecule has 8 rings (SSSR count). The number of aromatic nitrogens is 2. The fraction of sp³-hybridized carbons (Fsp3) is 0.244. The normalized spacial score (nSPS) is 15.2. The van der Waals surface area contributed by atoms with E-state index in [0.717, 1.165) is 52.0 Å². The average Bonchev–Trinajstić information content (AvgIpc) is 3.74. The van der Waals surface area contributed by atoms with Gasteiger partial charge in [-0.1, -0.05) is 111 Å². The number of fused-ring (bicyclic) bond motifs is 2. The lowest BCUT2D eigenvalue weighted by Gasteiger charge is -2.27. The number of Topliss-reactive ketones (excluding diaryl/α,β-unsaturated/α-hetero) is 1. The lowest BCUT2D eigenvalue weighted by Crippen LogP contribution is -2.34. The minimum Gasteiger partial charge on any atom is -0.361 e. The highest BCUT2D eigenvalue weighted by Crippen LogP contribution is 2.28. The van der Waals surface area contributed by atoms with Crippen molar-refractivity contribution in [1.82, 2.24) is 19.8 Å². The zero-order chi connectivity index (χ0) is 30.7. The molecule has 2 aliphatic rings. The van der Waals surface area contributed by atoms with Crippen LogP contribution in [0.2, 0.25) is 0 Å². The largest absolute Gasteiger partial charge is 0.361 e. The second-order valence-electron chi connectivity index (χ2n) is 11.9. The Morgan fingerprint density at radius 1 is 0.630 bits per heavy atom. The number of aromatic amines is 2. The first-order chi connectivity index (χ1) is 22.2. The molecule has 1 fully saturated rings. The van der Waals surface area contributed by atoms with Crippen molar-refractivity contribution >= 4 is 33.2 Å². The average molecular weight is 611 g/mol. The van der Waals surface area contributed by atoms with E-state index >= 15 is 0 Å². The number of benzene rings is 4. The van der Waals surface area contributed by atoms with Gasteiger partial charge in [-0.15, -0.1) is 0 Å². The molecule has 4 heterocycles. The van der Waals surface area contributed by atoms with Crippen LogP contribution in [0.1, 0.15) is 43.4 Å². The SMILES string of the molecule is C.C1=C(c2c[nH]c3ccccc23)CN(Cc2ccccc2)CC1.O=C1CCCN(Cc2ccccc2)C1.c1ccc2[nH]ccc2c1. The summed E-state index contributed by atoms with van der Waals surface area (Å²) in [5.74, 6) is 0.382. The first-order valence-corrected chi connectivity index (χ1v) is 16.0. The second-order valence-corrected chi connectivity index (χ2v) is 11.9. The van der Waals surface area contributed by atoms with Crippen molar-refractivity contribution in [1.29, 1.82) is 0 Å². The van der Waals surface area contributed by atoms with Crippen molar-refractivity contribution < 1.29 is 4.79 Å². The van der Waals surface area contributed by atoms with Gasteiger partial charge in [0.05, 0.1) is 6.54 Å². The van der Waals surface area contributed by atoms with Crippen LogP contribution in [0.4, 0.5) is 0 Å². The highest BCUT2D eigenvalue weighted by molar-refractivity contribution is 5.93. The monoisotopic (exact) mass is 610 g/mol. The van der Waals surface area contributed by atoms with Crippen molar-refractivity contribution in [2.45, 2.75) is 39.8 Å². The molecule has 0 aliphatic carbocycles. The standard InChI is InChI=1S/C20H20N2.C12H15NO.C8H7N.CH4/c1-2-7-16(8-3-1)14-22-12-6-9-17(15-22)19-13-21-20-11-5-4-10-18(19)20;14-12-7-4-8-13(10-12)9-11-5-2-1-3-6-11;1-2-4-8-7(3-1)5-6-9-8;/h1-5,7-11,13,21H,6,12,14-15H2;1-3,5-6H,4,7-10H2;1-6,9H;1H4. The molecule has 4 aromatic carbocycles. The fourth-order valence-corrected chi connectivity index (χ4v) is 6.19. The van der Waals surface area contributed by atoms with E-state index in [9.17, 15) is 4.79 Å². The third-order valence-electron chi connectivity index (χ3n) is 8.46. The van der Waals surface area contributed by atoms with Crippen molar-refractivity contribution in [3.8, 4) is 0 Å². The Kier molecular flexibility index (Phi) is 11.8. The molecule has 2 aromatic heterocycles. The number of nitrogens with zero attached hydrogens (tertiary/aromatic N) is 2. The van der Waals surface area contributed by atoms with Crippen LogP contribution in [0.5, 0.6) is 0 Å². The molecule has 236 valence electrons. The summed E-state index contributed by atoms with van der Waals surface area (Å²) in [5, 5.41) is 2.60. The third kappa shape index (κ3) is 8.94. The molecule has 1 saturated heterocycles. The number of ketones is 1. The van der Waals surface area contributed by atoms with Crippen LogP contribution in [0.3, 0.4) is 0 Å². The predicted molar refractivity (Wildman–Crippen MR) is 194 cm³/mol. The Hall–Kier alpha value is -4.71.